The maximum Gasteiger partial charge on any atom is 0.180 e. The summed E-state index contributed by atoms with van der Waals surface area (Å²) < 4.78 is 13.6. The molecule has 31 heavy (non-hydrogen) atoms. The van der Waals surface area contributed by atoms with Crippen LogP contribution in [0.25, 0.3) is 0 Å². The molecule has 1 aromatic carbocycles. The van der Waals surface area contributed by atoms with Gasteiger partial charge in [0.15, 0.2) is 5.78 Å². The first-order valence-corrected chi connectivity index (χ1v) is 14.4. The largest absolute Gasteiger partial charge is 0.293 e. The molecule has 1 radical (unpaired) electrons. The molecule has 1 saturated carbocycles. The third kappa shape index (κ3) is 7.52. The van der Waals surface area contributed by atoms with Crippen molar-refractivity contribution in [2.45, 2.75) is 129 Å². The van der Waals surface area contributed by atoms with Crippen LogP contribution in [0.1, 0.15) is 130 Å². The molecule has 3 heteroatoms. The first-order valence-electron chi connectivity index (χ1n) is 13.0. The molecule has 175 valence electrons. The second-order valence-corrected chi connectivity index (χ2v) is 12.0. The molecule has 0 saturated heterocycles. The minimum atomic E-state index is -1.51. The lowest BCUT2D eigenvalue weighted by Gasteiger charge is -2.35. The quantitative estimate of drug-likeness (QED) is 0.162. The van der Waals surface area contributed by atoms with E-state index in [4.69, 9.17) is 0 Å². The Balaban J connectivity index is 1.90. The molecule has 2 nitrogen and oxygen atoms in total. The molecule has 0 aliphatic heterocycles. The van der Waals surface area contributed by atoms with Gasteiger partial charge in [0.1, 0.15) is 5.16 Å². The summed E-state index contributed by atoms with van der Waals surface area (Å²) in [6.07, 6.45) is 18.4. The zero-order valence-electron chi connectivity index (χ0n) is 20.7. The number of aryl methyl sites for hydroxylation is 3. The van der Waals surface area contributed by atoms with E-state index < -0.39 is 13.0 Å². The molecule has 1 aliphatic carbocycles. The highest BCUT2D eigenvalue weighted by Crippen LogP contribution is 2.52. The normalized spacial score (nSPS) is 16.3. The van der Waals surface area contributed by atoms with Crippen LogP contribution in [0.3, 0.4) is 0 Å². The Kier molecular flexibility index (Phi) is 11.4. The maximum atomic E-state index is 13.8. The van der Waals surface area contributed by atoms with Crippen molar-refractivity contribution in [3.63, 3.8) is 0 Å². The summed E-state index contributed by atoms with van der Waals surface area (Å²) in [6, 6.07) is 4.21. The highest BCUT2D eigenvalue weighted by Gasteiger charge is 2.46. The van der Waals surface area contributed by atoms with Crippen molar-refractivity contribution in [2.75, 3.05) is 6.16 Å². The van der Waals surface area contributed by atoms with Crippen LogP contribution in [0.2, 0.25) is 0 Å². The summed E-state index contributed by atoms with van der Waals surface area (Å²) in [5.41, 5.74) is 4.14. The average Bonchev–Trinajstić information content (AvgIpc) is 2.74. The second-order valence-electron chi connectivity index (χ2n) is 9.98. The van der Waals surface area contributed by atoms with Gasteiger partial charge in [-0.1, -0.05) is 102 Å². The SMILES string of the molecule is CCCCCCCCCCCC[P](=O)C1(C(=O)c2c(C)cc(C)cc2C)CCCCC1. The molecule has 1 atom stereocenters. The number of hydrogen-bond donors (Lipinski definition) is 0. The van der Waals surface area contributed by atoms with Crippen molar-refractivity contribution >= 4 is 13.6 Å². The lowest BCUT2D eigenvalue weighted by atomic mass is 9.80. The lowest BCUT2D eigenvalue weighted by Crippen LogP contribution is -2.38. The van der Waals surface area contributed by atoms with Crippen molar-refractivity contribution in [3.05, 3.63) is 34.4 Å². The van der Waals surface area contributed by atoms with Crippen molar-refractivity contribution in [1.82, 2.24) is 0 Å². The van der Waals surface area contributed by atoms with Gasteiger partial charge in [-0.25, -0.2) is 0 Å². The molecule has 0 heterocycles. The highest BCUT2D eigenvalue weighted by molar-refractivity contribution is 7.48. The molecule has 1 unspecified atom stereocenters. The van der Waals surface area contributed by atoms with E-state index in [1.807, 2.05) is 13.8 Å². The first kappa shape index (κ1) is 26.2. The van der Waals surface area contributed by atoms with Gasteiger partial charge in [0.25, 0.3) is 0 Å². The van der Waals surface area contributed by atoms with Crippen LogP contribution in [0.15, 0.2) is 12.1 Å². The summed E-state index contributed by atoms with van der Waals surface area (Å²) in [6.45, 7) is 8.42. The van der Waals surface area contributed by atoms with Gasteiger partial charge in [-0.2, -0.15) is 0 Å². The number of unbranched alkanes of at least 4 members (excludes halogenated alkanes) is 9. The van der Waals surface area contributed by atoms with E-state index in [0.717, 1.165) is 61.4 Å². The van der Waals surface area contributed by atoms with E-state index >= 15 is 0 Å². The smallest absolute Gasteiger partial charge is 0.180 e. The van der Waals surface area contributed by atoms with Crippen LogP contribution in [-0.2, 0) is 4.57 Å². The molecule has 0 amide bonds. The highest BCUT2D eigenvalue weighted by atomic mass is 31.1. The zero-order chi connectivity index (χ0) is 22.7. The number of benzene rings is 1. The van der Waals surface area contributed by atoms with E-state index in [1.54, 1.807) is 0 Å². The monoisotopic (exact) mass is 445 g/mol. The fourth-order valence-corrected chi connectivity index (χ4v) is 7.55. The number of hydrogen-bond acceptors (Lipinski definition) is 2. The number of rotatable bonds is 14. The molecular formula is C28H46O2P. The van der Waals surface area contributed by atoms with Crippen molar-refractivity contribution in [2.24, 2.45) is 0 Å². The number of Topliss-reactive ketones (excluding diaryl/α,β-unsaturated/α-hetero) is 1. The summed E-state index contributed by atoms with van der Waals surface area (Å²) >= 11 is 0. The van der Waals surface area contributed by atoms with Crippen LogP contribution >= 0.6 is 7.80 Å². The number of carbonyl (C=O) groups excluding carboxylic acids is 1. The van der Waals surface area contributed by atoms with Gasteiger partial charge in [-0.15, -0.1) is 0 Å². The zero-order valence-corrected chi connectivity index (χ0v) is 21.6. The third-order valence-electron chi connectivity index (χ3n) is 7.20. The molecule has 0 bridgehead atoms. The summed E-state index contributed by atoms with van der Waals surface area (Å²) in [5.74, 6) is 0.176. The van der Waals surface area contributed by atoms with Gasteiger partial charge in [0, 0.05) is 11.7 Å². The topological polar surface area (TPSA) is 34.1 Å². The fraction of sp³-hybridized carbons (Fsp3) is 0.750. The van der Waals surface area contributed by atoms with Crippen LogP contribution in [-0.4, -0.2) is 17.1 Å². The van der Waals surface area contributed by atoms with Crippen LogP contribution in [0.4, 0.5) is 0 Å². The molecule has 2 rings (SSSR count). The van der Waals surface area contributed by atoms with Crippen LogP contribution < -0.4 is 0 Å². The molecule has 1 fully saturated rings. The standard InChI is InChI=1S/C28H46O2P/c1-5-6-7-8-9-10-11-12-13-17-20-31(30)28(18-15-14-16-19-28)27(29)26-24(3)21-23(2)22-25(26)4/h21-22H,5-20H2,1-4H3. The molecule has 0 aromatic heterocycles. The molecule has 1 aliphatic rings. The van der Waals surface area contributed by atoms with Gasteiger partial charge in [0.05, 0.1) is 7.80 Å². The summed E-state index contributed by atoms with van der Waals surface area (Å²) in [7, 11) is -1.51. The van der Waals surface area contributed by atoms with Gasteiger partial charge < -0.3 is 0 Å². The minimum Gasteiger partial charge on any atom is -0.293 e. The molecule has 1 aromatic rings. The van der Waals surface area contributed by atoms with Crippen molar-refractivity contribution in [1.29, 1.82) is 0 Å². The van der Waals surface area contributed by atoms with E-state index in [1.165, 1.54) is 63.4 Å². The molecule has 0 N–H and O–H groups in total. The fourth-order valence-electron chi connectivity index (χ4n) is 5.45. The average molecular weight is 446 g/mol. The minimum absolute atomic E-state index is 0.176. The Morgan fingerprint density at radius 2 is 1.29 bits per heavy atom. The molecule has 0 spiro atoms. The van der Waals surface area contributed by atoms with Crippen molar-refractivity contribution in [3.8, 4) is 0 Å². The van der Waals surface area contributed by atoms with E-state index in [9.17, 15) is 9.36 Å². The Morgan fingerprint density at radius 3 is 1.81 bits per heavy atom. The van der Waals surface area contributed by atoms with Crippen molar-refractivity contribution < 1.29 is 9.36 Å². The van der Waals surface area contributed by atoms with Crippen LogP contribution in [0.5, 0.6) is 0 Å². The lowest BCUT2D eigenvalue weighted by molar-refractivity contribution is 0.0911. The molecular weight excluding hydrogens is 399 g/mol. The van der Waals surface area contributed by atoms with E-state index in [-0.39, 0.29) is 5.78 Å². The number of carbonyl (C=O) groups is 1. The van der Waals surface area contributed by atoms with Crippen LogP contribution in [0, 0.1) is 20.8 Å². The Hall–Kier alpha value is -1.01. The van der Waals surface area contributed by atoms with Gasteiger partial charge in [-0.3, -0.25) is 9.36 Å². The summed E-state index contributed by atoms with van der Waals surface area (Å²) in [4.78, 5) is 13.8. The van der Waals surface area contributed by atoms with E-state index in [0.29, 0.717) is 0 Å². The van der Waals surface area contributed by atoms with Gasteiger partial charge in [-0.05, 0) is 51.2 Å². The maximum absolute atomic E-state index is 13.8. The third-order valence-corrected chi connectivity index (χ3v) is 9.53. The Morgan fingerprint density at radius 1 is 0.806 bits per heavy atom. The Labute approximate surface area is 192 Å². The number of ketones is 1. The Bertz CT molecular complexity index is 693. The predicted octanol–water partition coefficient (Wildman–Crippen LogP) is 9.25. The summed E-state index contributed by atoms with van der Waals surface area (Å²) in [5, 5.41) is -0.613. The second kappa shape index (κ2) is 13.5. The van der Waals surface area contributed by atoms with Gasteiger partial charge >= 0.3 is 0 Å². The first-order chi connectivity index (χ1) is 14.9. The van der Waals surface area contributed by atoms with Gasteiger partial charge in [0.2, 0.25) is 0 Å². The van der Waals surface area contributed by atoms with E-state index in [2.05, 4.69) is 26.0 Å². The predicted molar refractivity (Wildman–Crippen MR) is 135 cm³/mol.